The number of aryl methyl sites for hydroxylation is 1. The van der Waals surface area contributed by atoms with Gasteiger partial charge < -0.3 is 24.7 Å². The molecule has 0 aliphatic rings. The highest BCUT2D eigenvalue weighted by atomic mass is 127. The molecule has 7 nitrogen and oxygen atoms in total. The van der Waals surface area contributed by atoms with Crippen LogP contribution in [-0.4, -0.2) is 49.4 Å². The summed E-state index contributed by atoms with van der Waals surface area (Å²) in [5.74, 6) is 2.34. The molecule has 0 aliphatic carbocycles. The Kier molecular flexibility index (Phi) is 10.4. The molecule has 168 valence electrons. The predicted molar refractivity (Wildman–Crippen MR) is 137 cm³/mol. The molecule has 0 aliphatic heterocycles. The fraction of sp³-hybridized carbons (Fsp3) is 0.391. The van der Waals surface area contributed by atoms with Crippen molar-refractivity contribution < 1.29 is 9.47 Å². The lowest BCUT2D eigenvalue weighted by molar-refractivity contribution is 0.354. The van der Waals surface area contributed by atoms with E-state index >= 15 is 0 Å². The largest absolute Gasteiger partial charge is 0.493 e. The lowest BCUT2D eigenvalue weighted by Crippen LogP contribution is -2.38. The first-order chi connectivity index (χ1) is 14.7. The van der Waals surface area contributed by atoms with Gasteiger partial charge in [0.1, 0.15) is 0 Å². The van der Waals surface area contributed by atoms with Crippen LogP contribution in [0, 0.1) is 0 Å². The van der Waals surface area contributed by atoms with Crippen LogP contribution >= 0.6 is 24.0 Å². The van der Waals surface area contributed by atoms with Gasteiger partial charge in [0.2, 0.25) is 0 Å². The van der Waals surface area contributed by atoms with E-state index in [4.69, 9.17) is 14.5 Å². The van der Waals surface area contributed by atoms with Gasteiger partial charge in [0, 0.05) is 26.2 Å². The SMILES string of the molecule is CCNC(=NCCCn1cnc2ccccc21)NCCc1ccc(OC)c(OC)c1.I. The van der Waals surface area contributed by atoms with E-state index in [2.05, 4.69) is 39.2 Å². The smallest absolute Gasteiger partial charge is 0.191 e. The highest BCUT2D eigenvalue weighted by molar-refractivity contribution is 14.0. The molecule has 0 radical (unpaired) electrons. The summed E-state index contributed by atoms with van der Waals surface area (Å²) >= 11 is 0. The summed E-state index contributed by atoms with van der Waals surface area (Å²) in [7, 11) is 3.30. The Morgan fingerprint density at radius 1 is 1.06 bits per heavy atom. The Bertz CT molecular complexity index is 974. The zero-order chi connectivity index (χ0) is 21.2. The predicted octanol–water partition coefficient (Wildman–Crippen LogP) is 3.86. The number of aromatic nitrogens is 2. The van der Waals surface area contributed by atoms with Crippen LogP contribution in [-0.2, 0) is 13.0 Å². The second kappa shape index (κ2) is 13.0. The maximum atomic E-state index is 5.38. The van der Waals surface area contributed by atoms with Crippen LogP contribution in [0.2, 0.25) is 0 Å². The lowest BCUT2D eigenvalue weighted by Gasteiger charge is -2.13. The fourth-order valence-electron chi connectivity index (χ4n) is 3.32. The quantitative estimate of drug-likeness (QED) is 0.178. The van der Waals surface area contributed by atoms with Gasteiger partial charge in [-0.15, -0.1) is 24.0 Å². The number of aliphatic imine (C=N–C) groups is 1. The van der Waals surface area contributed by atoms with Gasteiger partial charge in [0.05, 0.1) is 31.6 Å². The number of ether oxygens (including phenoxy) is 2. The van der Waals surface area contributed by atoms with Crippen molar-refractivity contribution in [1.29, 1.82) is 0 Å². The van der Waals surface area contributed by atoms with E-state index in [-0.39, 0.29) is 24.0 Å². The van der Waals surface area contributed by atoms with E-state index in [0.717, 1.165) is 62.0 Å². The van der Waals surface area contributed by atoms with Gasteiger partial charge in [-0.05, 0) is 49.6 Å². The molecule has 2 N–H and O–H groups in total. The second-order valence-electron chi connectivity index (χ2n) is 6.91. The molecule has 1 heterocycles. The number of halogens is 1. The standard InChI is InChI=1S/C23H31N5O2.HI/c1-4-24-23(26-14-12-18-10-11-21(29-2)22(16-18)30-3)25-13-7-15-28-17-27-19-8-5-6-9-20(19)28;/h5-6,8-11,16-17H,4,7,12-15H2,1-3H3,(H2,24,25,26);1H. The fourth-order valence-corrected chi connectivity index (χ4v) is 3.32. The van der Waals surface area contributed by atoms with Crippen molar-refractivity contribution in [1.82, 2.24) is 20.2 Å². The maximum Gasteiger partial charge on any atom is 0.191 e. The number of hydrogen-bond donors (Lipinski definition) is 2. The van der Waals surface area contributed by atoms with Crippen LogP contribution in [0.4, 0.5) is 0 Å². The molecular formula is C23H32IN5O2. The van der Waals surface area contributed by atoms with E-state index in [9.17, 15) is 0 Å². The molecule has 0 spiro atoms. The monoisotopic (exact) mass is 537 g/mol. The van der Waals surface area contributed by atoms with Crippen LogP contribution in [0.5, 0.6) is 11.5 Å². The summed E-state index contributed by atoms with van der Waals surface area (Å²) in [6, 6.07) is 14.2. The van der Waals surface area contributed by atoms with Crippen LogP contribution in [0.3, 0.4) is 0 Å². The normalized spacial score (nSPS) is 11.1. The molecule has 0 fully saturated rings. The van der Waals surface area contributed by atoms with E-state index in [1.165, 1.54) is 11.1 Å². The molecule has 31 heavy (non-hydrogen) atoms. The van der Waals surface area contributed by atoms with Gasteiger partial charge in [-0.1, -0.05) is 18.2 Å². The van der Waals surface area contributed by atoms with Gasteiger partial charge in [0.15, 0.2) is 17.5 Å². The molecule has 0 amide bonds. The van der Waals surface area contributed by atoms with Gasteiger partial charge in [0.25, 0.3) is 0 Å². The molecule has 8 heteroatoms. The van der Waals surface area contributed by atoms with E-state index in [1.54, 1.807) is 14.2 Å². The maximum absolute atomic E-state index is 5.38. The molecule has 0 saturated heterocycles. The minimum absolute atomic E-state index is 0. The number of hydrogen-bond acceptors (Lipinski definition) is 4. The number of guanidine groups is 1. The van der Waals surface area contributed by atoms with Crippen LogP contribution < -0.4 is 20.1 Å². The Morgan fingerprint density at radius 3 is 2.65 bits per heavy atom. The minimum Gasteiger partial charge on any atom is -0.493 e. The van der Waals surface area contributed by atoms with Crippen molar-refractivity contribution in [2.24, 2.45) is 4.99 Å². The molecule has 0 bridgehead atoms. The lowest BCUT2D eigenvalue weighted by atomic mass is 10.1. The van der Waals surface area contributed by atoms with Crippen molar-refractivity contribution in [2.45, 2.75) is 26.3 Å². The third-order valence-corrected chi connectivity index (χ3v) is 4.85. The highest BCUT2D eigenvalue weighted by Crippen LogP contribution is 2.27. The molecule has 0 saturated carbocycles. The van der Waals surface area contributed by atoms with Crippen LogP contribution in [0.1, 0.15) is 18.9 Å². The molecule has 3 aromatic rings. The summed E-state index contributed by atoms with van der Waals surface area (Å²) < 4.78 is 12.9. The van der Waals surface area contributed by atoms with Crippen molar-refractivity contribution in [3.63, 3.8) is 0 Å². The van der Waals surface area contributed by atoms with E-state index in [0.29, 0.717) is 0 Å². The van der Waals surface area contributed by atoms with Gasteiger partial charge in [-0.3, -0.25) is 4.99 Å². The highest BCUT2D eigenvalue weighted by Gasteiger charge is 2.05. The number of benzene rings is 2. The zero-order valence-corrected chi connectivity index (χ0v) is 20.8. The molecular weight excluding hydrogens is 505 g/mol. The molecule has 1 aromatic heterocycles. The molecule has 0 atom stereocenters. The van der Waals surface area contributed by atoms with Gasteiger partial charge >= 0.3 is 0 Å². The Hall–Kier alpha value is -2.49. The zero-order valence-electron chi connectivity index (χ0n) is 18.4. The average Bonchev–Trinajstić information content (AvgIpc) is 3.19. The molecule has 3 rings (SSSR count). The minimum atomic E-state index is 0. The van der Waals surface area contributed by atoms with Gasteiger partial charge in [-0.25, -0.2) is 4.98 Å². The third kappa shape index (κ3) is 7.02. The summed E-state index contributed by atoms with van der Waals surface area (Å²) in [6.45, 7) is 5.33. The number of para-hydroxylation sites is 2. The summed E-state index contributed by atoms with van der Waals surface area (Å²) in [5.41, 5.74) is 3.38. The molecule has 2 aromatic carbocycles. The van der Waals surface area contributed by atoms with Crippen molar-refractivity contribution in [3.8, 4) is 11.5 Å². The molecule has 0 unspecified atom stereocenters. The van der Waals surface area contributed by atoms with Crippen molar-refractivity contribution >= 4 is 41.0 Å². The topological polar surface area (TPSA) is 72.7 Å². The average molecular weight is 537 g/mol. The number of imidazole rings is 1. The van der Waals surface area contributed by atoms with Crippen LogP contribution in [0.25, 0.3) is 11.0 Å². The Labute approximate surface area is 201 Å². The number of rotatable bonds is 10. The summed E-state index contributed by atoms with van der Waals surface area (Å²) in [5, 5.41) is 6.71. The van der Waals surface area contributed by atoms with E-state index in [1.807, 2.05) is 36.7 Å². The van der Waals surface area contributed by atoms with Crippen molar-refractivity contribution in [2.75, 3.05) is 33.9 Å². The Morgan fingerprint density at radius 2 is 1.87 bits per heavy atom. The Balaban J connectivity index is 0.00000341. The van der Waals surface area contributed by atoms with Crippen molar-refractivity contribution in [3.05, 3.63) is 54.4 Å². The summed E-state index contributed by atoms with van der Waals surface area (Å²) in [6.07, 6.45) is 3.72. The first kappa shape index (κ1) is 24.8. The second-order valence-corrected chi connectivity index (χ2v) is 6.91. The van der Waals surface area contributed by atoms with Crippen LogP contribution in [0.15, 0.2) is 53.8 Å². The number of fused-ring (bicyclic) bond motifs is 1. The van der Waals surface area contributed by atoms with Gasteiger partial charge in [-0.2, -0.15) is 0 Å². The van der Waals surface area contributed by atoms with E-state index < -0.39 is 0 Å². The summed E-state index contributed by atoms with van der Waals surface area (Å²) in [4.78, 5) is 9.14. The number of nitrogens with zero attached hydrogens (tertiary/aromatic N) is 3. The number of nitrogens with one attached hydrogen (secondary N) is 2. The third-order valence-electron chi connectivity index (χ3n) is 4.85. The number of methoxy groups -OCH3 is 2. The first-order valence-electron chi connectivity index (χ1n) is 10.4. The first-order valence-corrected chi connectivity index (χ1v) is 10.4.